The maximum absolute atomic E-state index is 12.1. The van der Waals surface area contributed by atoms with Crippen LogP contribution < -0.4 is 4.72 Å². The van der Waals surface area contributed by atoms with Crippen molar-refractivity contribution in [1.29, 1.82) is 0 Å². The minimum atomic E-state index is -3.59. The molecule has 1 unspecified atom stereocenters. The third-order valence-corrected chi connectivity index (χ3v) is 4.42. The van der Waals surface area contributed by atoms with Crippen molar-refractivity contribution in [2.45, 2.75) is 17.9 Å². The summed E-state index contributed by atoms with van der Waals surface area (Å²) in [6, 6.07) is 15.5. The Morgan fingerprint density at radius 1 is 1.05 bits per heavy atom. The summed E-state index contributed by atoms with van der Waals surface area (Å²) in [6.07, 6.45) is -0.864. The van der Waals surface area contributed by atoms with Gasteiger partial charge >= 0.3 is 0 Å². The van der Waals surface area contributed by atoms with Gasteiger partial charge in [0, 0.05) is 6.54 Å². The van der Waals surface area contributed by atoms with Gasteiger partial charge in [-0.15, -0.1) is 0 Å². The van der Waals surface area contributed by atoms with Crippen LogP contribution in [0.4, 0.5) is 0 Å². The van der Waals surface area contributed by atoms with E-state index in [1.165, 1.54) is 0 Å². The van der Waals surface area contributed by atoms with Crippen molar-refractivity contribution in [3.8, 4) is 0 Å². The average molecular weight is 291 g/mol. The number of hydrogen-bond donors (Lipinski definition) is 2. The molecule has 0 amide bonds. The molecule has 0 aromatic heterocycles. The molecule has 1 atom stereocenters. The average Bonchev–Trinajstić information content (AvgIpc) is 2.46. The van der Waals surface area contributed by atoms with E-state index >= 15 is 0 Å². The van der Waals surface area contributed by atoms with Crippen LogP contribution in [0.2, 0.25) is 0 Å². The zero-order chi connectivity index (χ0) is 14.6. The zero-order valence-corrected chi connectivity index (χ0v) is 12.0. The van der Waals surface area contributed by atoms with E-state index in [0.29, 0.717) is 5.56 Å². The summed E-state index contributed by atoms with van der Waals surface area (Å²) in [7, 11) is -3.59. The number of sulfonamides is 1. The first kappa shape index (κ1) is 14.7. The smallest absolute Gasteiger partial charge is 0.240 e. The van der Waals surface area contributed by atoms with Crippen LogP contribution in [0.5, 0.6) is 0 Å². The van der Waals surface area contributed by atoms with Crippen molar-refractivity contribution in [2.24, 2.45) is 0 Å². The molecule has 0 aliphatic carbocycles. The first-order valence-corrected chi connectivity index (χ1v) is 7.77. The molecule has 0 aliphatic heterocycles. The first-order chi connectivity index (χ1) is 9.49. The van der Waals surface area contributed by atoms with E-state index in [2.05, 4.69) is 4.72 Å². The second-order valence-corrected chi connectivity index (χ2v) is 6.36. The topological polar surface area (TPSA) is 66.4 Å². The summed E-state index contributed by atoms with van der Waals surface area (Å²) in [4.78, 5) is 0.198. The molecule has 4 nitrogen and oxygen atoms in total. The Morgan fingerprint density at radius 3 is 2.25 bits per heavy atom. The Bertz CT molecular complexity index is 651. The molecule has 0 saturated heterocycles. The SMILES string of the molecule is Cc1ccc(S(=O)(=O)NCC(O)c2ccccc2)cc1. The van der Waals surface area contributed by atoms with Crippen molar-refractivity contribution in [3.05, 3.63) is 65.7 Å². The third kappa shape index (κ3) is 3.66. The van der Waals surface area contributed by atoms with E-state index < -0.39 is 16.1 Å². The Kier molecular flexibility index (Phi) is 4.54. The van der Waals surface area contributed by atoms with Gasteiger partial charge < -0.3 is 5.11 Å². The predicted octanol–water partition coefficient (Wildman–Crippen LogP) is 2.01. The quantitative estimate of drug-likeness (QED) is 0.885. The fourth-order valence-electron chi connectivity index (χ4n) is 1.78. The normalized spacial score (nSPS) is 13.1. The molecule has 0 fully saturated rings. The predicted molar refractivity (Wildman–Crippen MR) is 77.8 cm³/mol. The van der Waals surface area contributed by atoms with Gasteiger partial charge in [-0.05, 0) is 24.6 Å². The van der Waals surface area contributed by atoms with Crippen LogP contribution in [0.25, 0.3) is 0 Å². The number of hydrogen-bond acceptors (Lipinski definition) is 3. The highest BCUT2D eigenvalue weighted by molar-refractivity contribution is 7.89. The molecule has 0 heterocycles. The van der Waals surface area contributed by atoms with E-state index in [-0.39, 0.29) is 11.4 Å². The molecule has 0 radical (unpaired) electrons. The minimum absolute atomic E-state index is 0.0553. The van der Waals surface area contributed by atoms with Crippen LogP contribution in [0.3, 0.4) is 0 Å². The number of aryl methyl sites for hydroxylation is 1. The summed E-state index contributed by atoms with van der Waals surface area (Å²) in [6.45, 7) is 1.84. The van der Waals surface area contributed by atoms with Crippen LogP contribution in [0.1, 0.15) is 17.2 Å². The van der Waals surface area contributed by atoms with Crippen LogP contribution in [0, 0.1) is 6.92 Å². The number of aliphatic hydroxyl groups excluding tert-OH is 1. The van der Waals surface area contributed by atoms with Crippen molar-refractivity contribution < 1.29 is 13.5 Å². The van der Waals surface area contributed by atoms with Gasteiger partial charge in [0.2, 0.25) is 10.0 Å². The van der Waals surface area contributed by atoms with E-state index in [4.69, 9.17) is 0 Å². The molecule has 2 aromatic rings. The lowest BCUT2D eigenvalue weighted by Gasteiger charge is -2.12. The number of rotatable bonds is 5. The van der Waals surface area contributed by atoms with Gasteiger partial charge in [0.05, 0.1) is 11.0 Å². The van der Waals surface area contributed by atoms with E-state index in [1.807, 2.05) is 13.0 Å². The van der Waals surface area contributed by atoms with Crippen molar-refractivity contribution in [1.82, 2.24) is 4.72 Å². The van der Waals surface area contributed by atoms with Gasteiger partial charge in [-0.1, -0.05) is 48.0 Å². The molecule has 0 saturated carbocycles. The van der Waals surface area contributed by atoms with Crippen LogP contribution >= 0.6 is 0 Å². The summed E-state index contributed by atoms with van der Waals surface area (Å²) in [5, 5.41) is 9.95. The van der Waals surface area contributed by atoms with Crippen LogP contribution in [-0.4, -0.2) is 20.1 Å². The Hall–Kier alpha value is -1.69. The molecule has 0 bridgehead atoms. The summed E-state index contributed by atoms with van der Waals surface area (Å²) >= 11 is 0. The molecule has 2 rings (SSSR count). The Balaban J connectivity index is 2.04. The van der Waals surface area contributed by atoms with Gasteiger partial charge in [-0.2, -0.15) is 0 Å². The first-order valence-electron chi connectivity index (χ1n) is 6.28. The molecule has 0 aliphatic rings. The van der Waals surface area contributed by atoms with Gasteiger partial charge in [-0.3, -0.25) is 0 Å². The van der Waals surface area contributed by atoms with Crippen LogP contribution in [-0.2, 0) is 10.0 Å². The second kappa shape index (κ2) is 6.17. The fourth-order valence-corrected chi connectivity index (χ4v) is 2.82. The summed E-state index contributed by atoms with van der Waals surface area (Å²) < 4.78 is 26.5. The highest BCUT2D eigenvalue weighted by atomic mass is 32.2. The molecule has 5 heteroatoms. The zero-order valence-electron chi connectivity index (χ0n) is 11.2. The molecular formula is C15H17NO3S. The van der Waals surface area contributed by atoms with Crippen molar-refractivity contribution in [2.75, 3.05) is 6.54 Å². The fraction of sp³-hybridized carbons (Fsp3) is 0.200. The van der Waals surface area contributed by atoms with Crippen LogP contribution in [0.15, 0.2) is 59.5 Å². The molecule has 106 valence electrons. The third-order valence-electron chi connectivity index (χ3n) is 2.98. The van der Waals surface area contributed by atoms with Gasteiger partial charge in [0.1, 0.15) is 0 Å². The molecule has 0 spiro atoms. The Morgan fingerprint density at radius 2 is 1.65 bits per heavy atom. The largest absolute Gasteiger partial charge is 0.387 e. The molecule has 20 heavy (non-hydrogen) atoms. The lowest BCUT2D eigenvalue weighted by Crippen LogP contribution is -2.28. The van der Waals surface area contributed by atoms with Crippen molar-refractivity contribution >= 4 is 10.0 Å². The monoisotopic (exact) mass is 291 g/mol. The number of nitrogens with one attached hydrogen (secondary N) is 1. The second-order valence-electron chi connectivity index (χ2n) is 4.59. The summed E-state index contributed by atoms with van der Waals surface area (Å²) in [5.74, 6) is 0. The van der Waals surface area contributed by atoms with E-state index in [0.717, 1.165) is 5.56 Å². The van der Waals surface area contributed by atoms with Gasteiger partial charge in [-0.25, -0.2) is 13.1 Å². The highest BCUT2D eigenvalue weighted by Gasteiger charge is 2.16. The maximum Gasteiger partial charge on any atom is 0.240 e. The lowest BCUT2D eigenvalue weighted by atomic mass is 10.1. The molecule has 2 N–H and O–H groups in total. The number of aliphatic hydroxyl groups is 1. The minimum Gasteiger partial charge on any atom is -0.387 e. The standard InChI is InChI=1S/C15H17NO3S/c1-12-7-9-14(10-8-12)20(18,19)16-11-15(17)13-5-3-2-4-6-13/h2-10,15-17H,11H2,1H3. The lowest BCUT2D eigenvalue weighted by molar-refractivity contribution is 0.182. The van der Waals surface area contributed by atoms with E-state index in [1.54, 1.807) is 48.5 Å². The Labute approximate surface area is 119 Å². The maximum atomic E-state index is 12.1. The number of benzene rings is 2. The highest BCUT2D eigenvalue weighted by Crippen LogP contribution is 2.13. The molecule has 2 aromatic carbocycles. The molecular weight excluding hydrogens is 274 g/mol. The van der Waals surface area contributed by atoms with Gasteiger partial charge in [0.25, 0.3) is 0 Å². The summed E-state index contributed by atoms with van der Waals surface area (Å²) in [5.41, 5.74) is 1.67. The van der Waals surface area contributed by atoms with Crippen molar-refractivity contribution in [3.63, 3.8) is 0 Å². The van der Waals surface area contributed by atoms with E-state index in [9.17, 15) is 13.5 Å². The van der Waals surface area contributed by atoms with Gasteiger partial charge in [0.15, 0.2) is 0 Å².